The highest BCUT2D eigenvalue weighted by atomic mass is 16.3. The third-order valence-corrected chi connectivity index (χ3v) is 5.60. The average Bonchev–Trinajstić information content (AvgIpc) is 3.28. The molecule has 0 bridgehead atoms. The van der Waals surface area contributed by atoms with Crippen LogP contribution in [-0.4, -0.2) is 63.8 Å². The number of aryl methyl sites for hydroxylation is 1. The Bertz CT molecular complexity index is 853. The number of aromatic nitrogens is 2. The summed E-state index contributed by atoms with van der Waals surface area (Å²) in [4.78, 5) is 37.8. The molecule has 1 aliphatic heterocycles. The number of hydrogen-bond donors (Lipinski definition) is 1. The van der Waals surface area contributed by atoms with Crippen LogP contribution < -0.4 is 5.32 Å². The van der Waals surface area contributed by atoms with E-state index in [1.165, 1.54) is 25.5 Å². The summed E-state index contributed by atoms with van der Waals surface area (Å²) in [6.07, 6.45) is 7.44. The zero-order valence-electron chi connectivity index (χ0n) is 16.8. The molecule has 1 saturated heterocycles. The number of furan rings is 1. The number of rotatable bonds is 4. The van der Waals surface area contributed by atoms with E-state index in [1.54, 1.807) is 28.0 Å². The van der Waals surface area contributed by atoms with Crippen molar-refractivity contribution in [2.75, 3.05) is 31.5 Å². The van der Waals surface area contributed by atoms with Gasteiger partial charge < -0.3 is 19.5 Å². The van der Waals surface area contributed by atoms with Crippen LogP contribution in [0.3, 0.4) is 0 Å². The molecule has 1 saturated carbocycles. The minimum Gasteiger partial charge on any atom is -0.459 e. The molecule has 1 N–H and O–H groups in total. The Morgan fingerprint density at radius 3 is 2.38 bits per heavy atom. The summed E-state index contributed by atoms with van der Waals surface area (Å²) in [6.45, 7) is 3.77. The summed E-state index contributed by atoms with van der Waals surface area (Å²) >= 11 is 0. The molecule has 2 aliphatic rings. The Morgan fingerprint density at radius 2 is 1.72 bits per heavy atom. The molecule has 1 aliphatic carbocycles. The predicted molar refractivity (Wildman–Crippen MR) is 108 cm³/mol. The third kappa shape index (κ3) is 4.58. The molecule has 0 radical (unpaired) electrons. The second-order valence-corrected chi connectivity index (χ2v) is 7.76. The third-order valence-electron chi connectivity index (χ3n) is 5.60. The predicted octanol–water partition coefficient (Wildman–Crippen LogP) is 2.72. The van der Waals surface area contributed by atoms with E-state index in [4.69, 9.17) is 4.42 Å². The van der Waals surface area contributed by atoms with Gasteiger partial charge in [-0.25, -0.2) is 9.97 Å². The maximum Gasteiger partial charge on any atom is 0.289 e. The van der Waals surface area contributed by atoms with Crippen molar-refractivity contribution in [2.24, 2.45) is 0 Å². The van der Waals surface area contributed by atoms with Crippen molar-refractivity contribution in [3.8, 4) is 0 Å². The lowest BCUT2D eigenvalue weighted by Gasteiger charge is -2.34. The van der Waals surface area contributed by atoms with E-state index in [1.807, 2.05) is 6.92 Å². The summed E-state index contributed by atoms with van der Waals surface area (Å²) in [5.74, 6) is 0.604. The number of hydrogen-bond acceptors (Lipinski definition) is 6. The van der Waals surface area contributed by atoms with E-state index in [0.29, 0.717) is 49.6 Å². The molecule has 2 amide bonds. The van der Waals surface area contributed by atoms with Gasteiger partial charge in [0.05, 0.1) is 6.26 Å². The van der Waals surface area contributed by atoms with Gasteiger partial charge in [0.15, 0.2) is 5.76 Å². The van der Waals surface area contributed by atoms with E-state index < -0.39 is 0 Å². The molecule has 8 nitrogen and oxygen atoms in total. The molecule has 0 aromatic carbocycles. The highest BCUT2D eigenvalue weighted by Gasteiger charge is 2.27. The van der Waals surface area contributed by atoms with Crippen molar-refractivity contribution in [2.45, 2.75) is 45.1 Å². The van der Waals surface area contributed by atoms with Crippen molar-refractivity contribution in [1.82, 2.24) is 19.8 Å². The van der Waals surface area contributed by atoms with Gasteiger partial charge in [-0.3, -0.25) is 9.59 Å². The molecule has 0 atom stereocenters. The second-order valence-electron chi connectivity index (χ2n) is 7.76. The molecule has 8 heteroatoms. The fourth-order valence-corrected chi connectivity index (χ4v) is 4.00. The lowest BCUT2D eigenvalue weighted by Crippen LogP contribution is -2.50. The van der Waals surface area contributed by atoms with E-state index in [2.05, 4.69) is 15.3 Å². The van der Waals surface area contributed by atoms with Crippen LogP contribution in [0.4, 0.5) is 5.95 Å². The Labute approximate surface area is 170 Å². The van der Waals surface area contributed by atoms with E-state index in [-0.39, 0.29) is 11.8 Å². The molecule has 154 valence electrons. The van der Waals surface area contributed by atoms with Crippen molar-refractivity contribution in [3.05, 3.63) is 41.6 Å². The number of carbonyl (C=O) groups excluding carboxylic acids is 2. The van der Waals surface area contributed by atoms with Gasteiger partial charge in [0.2, 0.25) is 5.95 Å². The molecule has 3 heterocycles. The minimum atomic E-state index is -0.140. The largest absolute Gasteiger partial charge is 0.459 e. The van der Waals surface area contributed by atoms with Gasteiger partial charge in [0.25, 0.3) is 11.8 Å². The zero-order valence-corrected chi connectivity index (χ0v) is 16.8. The molecular formula is C21H27N5O3. The second kappa shape index (κ2) is 8.63. The van der Waals surface area contributed by atoms with Crippen LogP contribution in [-0.2, 0) is 0 Å². The van der Waals surface area contributed by atoms with Crippen molar-refractivity contribution < 1.29 is 14.0 Å². The Kier molecular flexibility index (Phi) is 5.78. The molecule has 0 spiro atoms. The van der Waals surface area contributed by atoms with Crippen LogP contribution in [0.2, 0.25) is 0 Å². The van der Waals surface area contributed by atoms with Crippen molar-refractivity contribution >= 4 is 17.8 Å². The average molecular weight is 397 g/mol. The number of nitrogens with one attached hydrogen (secondary N) is 1. The van der Waals surface area contributed by atoms with Crippen LogP contribution in [0, 0.1) is 6.92 Å². The summed E-state index contributed by atoms with van der Waals surface area (Å²) in [5, 5.41) is 3.40. The first-order valence-corrected chi connectivity index (χ1v) is 10.3. The van der Waals surface area contributed by atoms with Gasteiger partial charge in [0.1, 0.15) is 5.69 Å². The smallest absolute Gasteiger partial charge is 0.289 e. The first-order chi connectivity index (χ1) is 14.1. The number of amides is 2. The Balaban J connectivity index is 1.38. The fraction of sp³-hybridized carbons (Fsp3) is 0.524. The van der Waals surface area contributed by atoms with Crippen LogP contribution in [0.15, 0.2) is 28.9 Å². The number of anilines is 1. The quantitative estimate of drug-likeness (QED) is 0.853. The molecule has 2 aromatic rings. The lowest BCUT2D eigenvalue weighted by molar-refractivity contribution is 0.0515. The molecule has 4 rings (SSSR count). The Hall–Kier alpha value is -2.90. The minimum absolute atomic E-state index is 0.118. The highest BCUT2D eigenvalue weighted by Crippen LogP contribution is 2.21. The molecule has 29 heavy (non-hydrogen) atoms. The van der Waals surface area contributed by atoms with Gasteiger partial charge in [-0.1, -0.05) is 19.3 Å². The van der Waals surface area contributed by atoms with Gasteiger partial charge >= 0.3 is 0 Å². The monoisotopic (exact) mass is 397 g/mol. The number of nitrogens with zero attached hydrogens (tertiary/aromatic N) is 4. The summed E-state index contributed by atoms with van der Waals surface area (Å²) in [5.41, 5.74) is 1.18. The number of piperazine rings is 1. The fourth-order valence-electron chi connectivity index (χ4n) is 4.00. The van der Waals surface area contributed by atoms with Crippen molar-refractivity contribution in [1.29, 1.82) is 0 Å². The van der Waals surface area contributed by atoms with Crippen LogP contribution in [0.1, 0.15) is 58.8 Å². The first kappa shape index (κ1) is 19.4. The van der Waals surface area contributed by atoms with Gasteiger partial charge in [0, 0.05) is 37.9 Å². The summed E-state index contributed by atoms with van der Waals surface area (Å²) in [6, 6.07) is 5.47. The normalized spacial score (nSPS) is 18.0. The SMILES string of the molecule is Cc1cc(C(=O)N2CCN(C(=O)c3ccco3)CC2)nc(NC2CCCCC2)n1. The standard InChI is InChI=1S/C21H27N5O3/c1-15-14-17(24-21(22-15)23-16-6-3-2-4-7-16)19(27)25-9-11-26(12-10-25)20(28)18-8-5-13-29-18/h5,8,13-14,16H,2-4,6-7,9-12H2,1H3,(H,22,23,24). The highest BCUT2D eigenvalue weighted by molar-refractivity contribution is 5.94. The first-order valence-electron chi connectivity index (χ1n) is 10.3. The maximum atomic E-state index is 13.0. The molecular weight excluding hydrogens is 370 g/mol. The topological polar surface area (TPSA) is 91.6 Å². The van der Waals surface area contributed by atoms with Gasteiger partial charge in [-0.05, 0) is 38.0 Å². The summed E-state index contributed by atoms with van der Waals surface area (Å²) < 4.78 is 5.19. The van der Waals surface area contributed by atoms with E-state index in [9.17, 15) is 9.59 Å². The van der Waals surface area contributed by atoms with Gasteiger partial charge in [-0.15, -0.1) is 0 Å². The molecule has 0 unspecified atom stereocenters. The van der Waals surface area contributed by atoms with E-state index in [0.717, 1.165) is 18.5 Å². The molecule has 2 aromatic heterocycles. The maximum absolute atomic E-state index is 13.0. The molecule has 2 fully saturated rings. The number of carbonyl (C=O) groups is 2. The van der Waals surface area contributed by atoms with Crippen LogP contribution in [0.5, 0.6) is 0 Å². The van der Waals surface area contributed by atoms with Crippen LogP contribution >= 0.6 is 0 Å². The zero-order chi connectivity index (χ0) is 20.2. The van der Waals surface area contributed by atoms with Crippen molar-refractivity contribution in [3.63, 3.8) is 0 Å². The Morgan fingerprint density at radius 1 is 1.03 bits per heavy atom. The van der Waals surface area contributed by atoms with E-state index >= 15 is 0 Å². The van der Waals surface area contributed by atoms with Crippen LogP contribution in [0.25, 0.3) is 0 Å². The summed E-state index contributed by atoms with van der Waals surface area (Å²) in [7, 11) is 0. The lowest BCUT2D eigenvalue weighted by atomic mass is 9.96. The van der Waals surface area contributed by atoms with Gasteiger partial charge in [-0.2, -0.15) is 0 Å².